The molecule has 0 bridgehead atoms. The van der Waals surface area contributed by atoms with E-state index < -0.39 is 43.9 Å². The number of hydrogen-bond donors (Lipinski definition) is 0. The average molecular weight is 441 g/mol. The molecule has 2 aromatic carbocycles. The minimum Gasteiger partial charge on any atom is -0.232 e. The molecule has 0 amide bonds. The van der Waals surface area contributed by atoms with Gasteiger partial charge < -0.3 is 0 Å². The van der Waals surface area contributed by atoms with E-state index in [2.05, 4.69) is 5.10 Å². The number of halogens is 5. The van der Waals surface area contributed by atoms with Crippen molar-refractivity contribution in [2.24, 2.45) is 0 Å². The summed E-state index contributed by atoms with van der Waals surface area (Å²) in [5, 5.41) is 12.6. The Kier molecular flexibility index (Phi) is 5.16. The molecule has 0 saturated heterocycles. The highest BCUT2D eigenvalue weighted by molar-refractivity contribution is 7.90. The zero-order valence-electron chi connectivity index (χ0n) is 15.4. The standard InChI is InChI=1S/C19H12F5N3O2S/c1-10-3-4-11(5-12(10)9-25)16-8-17(19(22,23)24)26-27(16)13-6-14(20)18(15(21)7-13)30(2,28)29/h3-8H,1-2H3. The molecule has 0 aliphatic rings. The van der Waals surface area contributed by atoms with Crippen LogP contribution in [0.3, 0.4) is 0 Å². The quantitative estimate of drug-likeness (QED) is 0.564. The number of aryl methyl sites for hydroxylation is 1. The maximum atomic E-state index is 14.3. The van der Waals surface area contributed by atoms with Crippen molar-refractivity contribution < 1.29 is 30.4 Å². The molecule has 0 spiro atoms. The van der Waals surface area contributed by atoms with E-state index in [0.29, 0.717) is 34.7 Å². The molecule has 30 heavy (non-hydrogen) atoms. The van der Waals surface area contributed by atoms with Crippen LogP contribution >= 0.6 is 0 Å². The fourth-order valence-electron chi connectivity index (χ4n) is 2.85. The SMILES string of the molecule is Cc1ccc(-c2cc(C(F)(F)F)nn2-c2cc(F)c(S(C)(=O)=O)c(F)c2)cc1C#N. The Morgan fingerprint density at radius 2 is 1.67 bits per heavy atom. The lowest BCUT2D eigenvalue weighted by Crippen LogP contribution is -2.10. The van der Waals surface area contributed by atoms with Crippen LogP contribution in [0.4, 0.5) is 22.0 Å². The van der Waals surface area contributed by atoms with Crippen LogP contribution in [0.15, 0.2) is 41.3 Å². The van der Waals surface area contributed by atoms with Crippen LogP contribution < -0.4 is 0 Å². The Hall–Kier alpha value is -3.26. The van der Waals surface area contributed by atoms with Gasteiger partial charge in [0.05, 0.1) is 23.0 Å². The molecule has 0 radical (unpaired) electrons. The molecule has 0 fully saturated rings. The number of rotatable bonds is 3. The summed E-state index contributed by atoms with van der Waals surface area (Å²) in [7, 11) is -4.25. The molecule has 0 aliphatic carbocycles. The molecular formula is C19H12F5N3O2S. The Bertz CT molecular complexity index is 1280. The Labute approximate surface area is 167 Å². The highest BCUT2D eigenvalue weighted by Gasteiger charge is 2.35. The lowest BCUT2D eigenvalue weighted by atomic mass is 10.0. The van der Waals surface area contributed by atoms with Crippen molar-refractivity contribution in [1.82, 2.24) is 9.78 Å². The number of benzene rings is 2. The van der Waals surface area contributed by atoms with Gasteiger partial charge in [0.15, 0.2) is 15.5 Å². The second-order valence-corrected chi connectivity index (χ2v) is 8.43. The van der Waals surface area contributed by atoms with Gasteiger partial charge in [0, 0.05) is 24.0 Å². The summed E-state index contributed by atoms with van der Waals surface area (Å²) in [5.74, 6) is -2.94. The number of hydrogen-bond acceptors (Lipinski definition) is 4. The van der Waals surface area contributed by atoms with E-state index in [1.807, 2.05) is 6.07 Å². The number of alkyl halides is 3. The van der Waals surface area contributed by atoms with Gasteiger partial charge in [-0.25, -0.2) is 21.9 Å². The summed E-state index contributed by atoms with van der Waals surface area (Å²) in [6.45, 7) is 1.63. The molecule has 3 rings (SSSR count). The van der Waals surface area contributed by atoms with Gasteiger partial charge in [-0.3, -0.25) is 0 Å². The minimum atomic E-state index is -4.85. The Morgan fingerprint density at radius 3 is 2.17 bits per heavy atom. The zero-order chi connectivity index (χ0) is 22.4. The lowest BCUT2D eigenvalue weighted by molar-refractivity contribution is -0.141. The van der Waals surface area contributed by atoms with E-state index in [4.69, 9.17) is 0 Å². The van der Waals surface area contributed by atoms with Crippen LogP contribution in [0, 0.1) is 29.9 Å². The van der Waals surface area contributed by atoms with Gasteiger partial charge in [-0.1, -0.05) is 12.1 Å². The first-order valence-corrected chi connectivity index (χ1v) is 10.1. The topological polar surface area (TPSA) is 75.8 Å². The molecule has 1 heterocycles. The molecule has 156 valence electrons. The maximum Gasteiger partial charge on any atom is 0.435 e. The lowest BCUT2D eigenvalue weighted by Gasteiger charge is -2.11. The van der Waals surface area contributed by atoms with E-state index >= 15 is 0 Å². The minimum absolute atomic E-state index is 0.146. The smallest absolute Gasteiger partial charge is 0.232 e. The van der Waals surface area contributed by atoms with Gasteiger partial charge in [0.25, 0.3) is 0 Å². The highest BCUT2D eigenvalue weighted by Crippen LogP contribution is 2.34. The monoisotopic (exact) mass is 441 g/mol. The summed E-state index contributed by atoms with van der Waals surface area (Å²) in [6.07, 6.45) is -4.25. The first-order valence-electron chi connectivity index (χ1n) is 8.21. The third-order valence-electron chi connectivity index (χ3n) is 4.25. The Balaban J connectivity index is 2.31. The van der Waals surface area contributed by atoms with Crippen molar-refractivity contribution in [2.45, 2.75) is 18.0 Å². The van der Waals surface area contributed by atoms with Crippen LogP contribution in [-0.4, -0.2) is 24.5 Å². The van der Waals surface area contributed by atoms with Gasteiger partial charge in [0.1, 0.15) is 16.5 Å². The van der Waals surface area contributed by atoms with Crippen LogP contribution in [0.2, 0.25) is 0 Å². The first-order chi connectivity index (χ1) is 13.8. The maximum absolute atomic E-state index is 14.3. The second kappa shape index (κ2) is 7.21. The zero-order valence-corrected chi connectivity index (χ0v) is 16.2. The van der Waals surface area contributed by atoms with Crippen LogP contribution in [0.25, 0.3) is 16.9 Å². The van der Waals surface area contributed by atoms with Crippen molar-refractivity contribution in [3.8, 4) is 23.0 Å². The van der Waals surface area contributed by atoms with E-state index in [1.165, 1.54) is 18.2 Å². The van der Waals surface area contributed by atoms with Crippen molar-refractivity contribution in [3.05, 3.63) is 64.9 Å². The van der Waals surface area contributed by atoms with Crippen molar-refractivity contribution in [1.29, 1.82) is 5.26 Å². The molecular weight excluding hydrogens is 429 g/mol. The van der Waals surface area contributed by atoms with Gasteiger partial charge in [-0.15, -0.1) is 0 Å². The summed E-state index contributed by atoms with van der Waals surface area (Å²) in [4.78, 5) is -1.20. The fourth-order valence-corrected chi connectivity index (χ4v) is 3.67. The molecule has 0 saturated carbocycles. The molecule has 11 heteroatoms. The predicted molar refractivity (Wildman–Crippen MR) is 96.5 cm³/mol. The molecule has 5 nitrogen and oxygen atoms in total. The molecule has 0 aliphatic heterocycles. The van der Waals surface area contributed by atoms with Gasteiger partial charge in [-0.05, 0) is 24.6 Å². The largest absolute Gasteiger partial charge is 0.435 e. The summed E-state index contributed by atoms with van der Waals surface area (Å²) < 4.78 is 92.1. The van der Waals surface area contributed by atoms with E-state index in [1.54, 1.807) is 6.92 Å². The summed E-state index contributed by atoms with van der Waals surface area (Å²) in [6, 6.07) is 7.99. The van der Waals surface area contributed by atoms with Crippen molar-refractivity contribution in [3.63, 3.8) is 0 Å². The number of nitrogens with zero attached hydrogens (tertiary/aromatic N) is 3. The van der Waals surface area contributed by atoms with Gasteiger partial charge in [-0.2, -0.15) is 23.5 Å². The van der Waals surface area contributed by atoms with Crippen LogP contribution in [0.1, 0.15) is 16.8 Å². The third-order valence-corrected chi connectivity index (χ3v) is 5.38. The second-order valence-electron chi connectivity index (χ2n) is 6.48. The molecule has 0 atom stereocenters. The van der Waals surface area contributed by atoms with Crippen molar-refractivity contribution >= 4 is 9.84 Å². The van der Waals surface area contributed by atoms with Gasteiger partial charge >= 0.3 is 6.18 Å². The number of aromatic nitrogens is 2. The summed E-state index contributed by atoms with van der Waals surface area (Å²) in [5.41, 5.74) is -1.05. The van der Waals surface area contributed by atoms with E-state index in [-0.39, 0.29) is 16.8 Å². The molecule has 1 aromatic heterocycles. The van der Waals surface area contributed by atoms with Crippen LogP contribution in [0.5, 0.6) is 0 Å². The highest BCUT2D eigenvalue weighted by atomic mass is 32.2. The van der Waals surface area contributed by atoms with E-state index in [0.717, 1.165) is 0 Å². The number of nitriles is 1. The fraction of sp³-hybridized carbons (Fsp3) is 0.158. The third kappa shape index (κ3) is 3.91. The Morgan fingerprint density at radius 1 is 1.07 bits per heavy atom. The summed E-state index contributed by atoms with van der Waals surface area (Å²) >= 11 is 0. The predicted octanol–water partition coefficient (Wildman–Crippen LogP) is 4.42. The van der Waals surface area contributed by atoms with Crippen molar-refractivity contribution in [2.75, 3.05) is 6.26 Å². The number of sulfone groups is 1. The van der Waals surface area contributed by atoms with Crippen LogP contribution in [-0.2, 0) is 16.0 Å². The average Bonchev–Trinajstić information content (AvgIpc) is 3.06. The first kappa shape index (κ1) is 21.4. The van der Waals surface area contributed by atoms with Gasteiger partial charge in [0.2, 0.25) is 0 Å². The molecule has 0 unspecified atom stereocenters. The molecule has 0 N–H and O–H groups in total. The normalized spacial score (nSPS) is 12.1. The van der Waals surface area contributed by atoms with E-state index in [9.17, 15) is 35.6 Å². The molecule has 3 aromatic rings.